The summed E-state index contributed by atoms with van der Waals surface area (Å²) in [5.74, 6) is 0.414. The topological polar surface area (TPSA) is 49.5 Å². The molecule has 1 aliphatic heterocycles. The molecule has 3 heteroatoms. The van der Waals surface area contributed by atoms with Gasteiger partial charge in [-0.1, -0.05) is 24.3 Å². The van der Waals surface area contributed by atoms with Gasteiger partial charge in [-0.15, -0.1) is 0 Å². The fourth-order valence-corrected chi connectivity index (χ4v) is 2.96. The summed E-state index contributed by atoms with van der Waals surface area (Å²) in [6, 6.07) is 8.76. The standard InChI is InChI=1S/C15H24N2O/c1-12-5-2-3-7-14(12)15(9-16)17-8-4-6-13(10-17)11-18/h2-3,5,7,13,15,18H,4,6,8-11,16H2,1H3. The van der Waals surface area contributed by atoms with Crippen LogP contribution in [0.4, 0.5) is 0 Å². The maximum absolute atomic E-state index is 9.33. The summed E-state index contributed by atoms with van der Waals surface area (Å²) in [6.45, 7) is 5.13. The molecule has 1 heterocycles. The Labute approximate surface area is 110 Å². The molecule has 0 spiro atoms. The number of hydrogen-bond acceptors (Lipinski definition) is 3. The van der Waals surface area contributed by atoms with Gasteiger partial charge in [0.05, 0.1) is 0 Å². The van der Waals surface area contributed by atoms with Crippen LogP contribution in [0.3, 0.4) is 0 Å². The summed E-state index contributed by atoms with van der Waals surface area (Å²) >= 11 is 0. The Kier molecular flexibility index (Phi) is 4.75. The number of rotatable bonds is 4. The van der Waals surface area contributed by atoms with Crippen molar-refractivity contribution in [1.29, 1.82) is 0 Å². The molecule has 1 fully saturated rings. The highest BCUT2D eigenvalue weighted by molar-refractivity contribution is 5.29. The molecular formula is C15H24N2O. The van der Waals surface area contributed by atoms with Crippen LogP contribution in [0.1, 0.15) is 30.0 Å². The lowest BCUT2D eigenvalue weighted by molar-refractivity contribution is 0.0899. The zero-order valence-electron chi connectivity index (χ0n) is 11.2. The molecule has 0 bridgehead atoms. The van der Waals surface area contributed by atoms with Crippen LogP contribution in [0, 0.1) is 12.8 Å². The van der Waals surface area contributed by atoms with E-state index >= 15 is 0 Å². The van der Waals surface area contributed by atoms with Crippen LogP contribution in [0.15, 0.2) is 24.3 Å². The van der Waals surface area contributed by atoms with E-state index in [0.717, 1.165) is 25.9 Å². The van der Waals surface area contributed by atoms with E-state index in [1.54, 1.807) is 0 Å². The Balaban J connectivity index is 2.15. The number of nitrogens with two attached hydrogens (primary N) is 1. The van der Waals surface area contributed by atoms with Gasteiger partial charge in [-0.25, -0.2) is 0 Å². The van der Waals surface area contributed by atoms with Crippen LogP contribution in [-0.2, 0) is 0 Å². The minimum atomic E-state index is 0.292. The Bertz CT molecular complexity index is 381. The Morgan fingerprint density at radius 1 is 1.44 bits per heavy atom. The Morgan fingerprint density at radius 2 is 2.22 bits per heavy atom. The monoisotopic (exact) mass is 248 g/mol. The van der Waals surface area contributed by atoms with Crippen LogP contribution in [0.25, 0.3) is 0 Å². The number of benzene rings is 1. The van der Waals surface area contributed by atoms with E-state index in [0.29, 0.717) is 25.1 Å². The largest absolute Gasteiger partial charge is 0.396 e. The number of nitrogens with zero attached hydrogens (tertiary/aromatic N) is 1. The minimum absolute atomic E-state index is 0.292. The maximum atomic E-state index is 9.33. The number of aliphatic hydroxyl groups is 1. The van der Waals surface area contributed by atoms with Crippen molar-refractivity contribution in [1.82, 2.24) is 4.90 Å². The summed E-state index contributed by atoms with van der Waals surface area (Å²) in [5.41, 5.74) is 8.62. The van der Waals surface area contributed by atoms with Crippen molar-refractivity contribution in [3.8, 4) is 0 Å². The molecule has 2 atom stereocenters. The first-order valence-corrected chi connectivity index (χ1v) is 6.86. The first kappa shape index (κ1) is 13.5. The van der Waals surface area contributed by atoms with E-state index in [2.05, 4.69) is 36.1 Å². The molecule has 18 heavy (non-hydrogen) atoms. The van der Waals surface area contributed by atoms with Crippen molar-refractivity contribution in [3.63, 3.8) is 0 Å². The van der Waals surface area contributed by atoms with Crippen molar-refractivity contribution in [2.24, 2.45) is 11.7 Å². The molecule has 2 unspecified atom stereocenters. The molecule has 0 saturated carbocycles. The highest BCUT2D eigenvalue weighted by atomic mass is 16.3. The third kappa shape index (κ3) is 2.91. The predicted octanol–water partition coefficient (Wildman–Crippen LogP) is 1.70. The molecule has 0 aliphatic carbocycles. The average Bonchev–Trinajstić information content (AvgIpc) is 2.42. The van der Waals surface area contributed by atoms with Crippen LogP contribution in [0.2, 0.25) is 0 Å². The van der Waals surface area contributed by atoms with Gasteiger partial charge in [0.2, 0.25) is 0 Å². The number of piperidine rings is 1. The summed E-state index contributed by atoms with van der Waals surface area (Å²) in [4.78, 5) is 2.44. The maximum Gasteiger partial charge on any atom is 0.0473 e. The summed E-state index contributed by atoms with van der Waals surface area (Å²) < 4.78 is 0. The normalized spacial score (nSPS) is 22.9. The van der Waals surface area contributed by atoms with Gasteiger partial charge in [0.15, 0.2) is 0 Å². The molecule has 3 N–H and O–H groups in total. The molecule has 100 valence electrons. The van der Waals surface area contributed by atoms with Crippen LogP contribution < -0.4 is 5.73 Å². The zero-order chi connectivity index (χ0) is 13.0. The highest BCUT2D eigenvalue weighted by Crippen LogP contribution is 2.27. The van der Waals surface area contributed by atoms with Gasteiger partial charge in [0.25, 0.3) is 0 Å². The van der Waals surface area contributed by atoms with Gasteiger partial charge in [0.1, 0.15) is 0 Å². The van der Waals surface area contributed by atoms with Gasteiger partial charge in [0, 0.05) is 25.7 Å². The molecule has 3 nitrogen and oxygen atoms in total. The molecule has 0 aromatic heterocycles. The van der Waals surface area contributed by atoms with E-state index in [1.807, 2.05) is 0 Å². The lowest BCUT2D eigenvalue weighted by atomic mass is 9.94. The number of likely N-dealkylation sites (tertiary alicyclic amines) is 1. The van der Waals surface area contributed by atoms with Crippen molar-refractivity contribution < 1.29 is 5.11 Å². The summed E-state index contributed by atoms with van der Waals surface area (Å²) in [5, 5.41) is 9.33. The van der Waals surface area contributed by atoms with E-state index in [-0.39, 0.29) is 0 Å². The number of aliphatic hydroxyl groups excluding tert-OH is 1. The molecule has 0 radical (unpaired) electrons. The molecule has 1 aromatic rings. The third-order valence-corrected chi connectivity index (χ3v) is 4.02. The van der Waals surface area contributed by atoms with Crippen molar-refractivity contribution in [2.75, 3.05) is 26.2 Å². The minimum Gasteiger partial charge on any atom is -0.396 e. The smallest absolute Gasteiger partial charge is 0.0473 e. The zero-order valence-corrected chi connectivity index (χ0v) is 11.2. The fourth-order valence-electron chi connectivity index (χ4n) is 2.96. The van der Waals surface area contributed by atoms with E-state index in [4.69, 9.17) is 5.73 Å². The number of aryl methyl sites for hydroxylation is 1. The molecule has 0 amide bonds. The average molecular weight is 248 g/mol. The van der Waals surface area contributed by atoms with Gasteiger partial charge in [-0.05, 0) is 43.4 Å². The first-order chi connectivity index (χ1) is 8.76. The second-order valence-corrected chi connectivity index (χ2v) is 5.29. The Hall–Kier alpha value is -0.900. The van der Waals surface area contributed by atoms with Gasteiger partial charge in [-0.3, -0.25) is 4.90 Å². The molecular weight excluding hydrogens is 224 g/mol. The summed E-state index contributed by atoms with van der Waals surface area (Å²) in [6.07, 6.45) is 2.30. The van der Waals surface area contributed by atoms with Crippen molar-refractivity contribution in [2.45, 2.75) is 25.8 Å². The number of hydrogen-bond donors (Lipinski definition) is 2. The molecule has 1 aliphatic rings. The predicted molar refractivity (Wildman–Crippen MR) is 74.4 cm³/mol. The van der Waals surface area contributed by atoms with E-state index in [1.165, 1.54) is 11.1 Å². The highest BCUT2D eigenvalue weighted by Gasteiger charge is 2.26. The van der Waals surface area contributed by atoms with E-state index < -0.39 is 0 Å². The van der Waals surface area contributed by atoms with Crippen LogP contribution >= 0.6 is 0 Å². The fraction of sp³-hybridized carbons (Fsp3) is 0.600. The van der Waals surface area contributed by atoms with Crippen molar-refractivity contribution >= 4 is 0 Å². The van der Waals surface area contributed by atoms with Gasteiger partial charge in [-0.2, -0.15) is 0 Å². The van der Waals surface area contributed by atoms with Gasteiger partial charge >= 0.3 is 0 Å². The Morgan fingerprint density at radius 3 is 2.89 bits per heavy atom. The third-order valence-electron chi connectivity index (χ3n) is 4.02. The summed E-state index contributed by atoms with van der Waals surface area (Å²) in [7, 11) is 0. The van der Waals surface area contributed by atoms with E-state index in [9.17, 15) is 5.11 Å². The lowest BCUT2D eigenvalue weighted by Crippen LogP contribution is -2.42. The van der Waals surface area contributed by atoms with Gasteiger partial charge < -0.3 is 10.8 Å². The molecule has 1 aromatic carbocycles. The lowest BCUT2D eigenvalue weighted by Gasteiger charge is -2.38. The second kappa shape index (κ2) is 6.32. The second-order valence-electron chi connectivity index (χ2n) is 5.29. The molecule has 1 saturated heterocycles. The van der Waals surface area contributed by atoms with Crippen molar-refractivity contribution in [3.05, 3.63) is 35.4 Å². The van der Waals surface area contributed by atoms with Crippen LogP contribution in [-0.4, -0.2) is 36.2 Å². The first-order valence-electron chi connectivity index (χ1n) is 6.86. The quantitative estimate of drug-likeness (QED) is 0.852. The van der Waals surface area contributed by atoms with Crippen LogP contribution in [0.5, 0.6) is 0 Å². The molecule has 2 rings (SSSR count). The SMILES string of the molecule is Cc1ccccc1C(CN)N1CCCC(CO)C1.